The van der Waals surface area contributed by atoms with Gasteiger partial charge in [0.05, 0.1) is 11.6 Å². The largest absolute Gasteiger partial charge is 0.392 e. The van der Waals surface area contributed by atoms with Crippen molar-refractivity contribution < 1.29 is 5.11 Å². The van der Waals surface area contributed by atoms with Crippen molar-refractivity contribution in [3.63, 3.8) is 0 Å². The molecule has 0 bridgehead atoms. The molecule has 78 valence electrons. The zero-order chi connectivity index (χ0) is 9.80. The Bertz CT molecular complexity index is 257. The molecule has 2 nitrogen and oxygen atoms in total. The van der Waals surface area contributed by atoms with E-state index in [1.807, 2.05) is 23.5 Å². The maximum atomic E-state index is 10.0. The molecule has 0 radical (unpaired) electrons. The number of rotatable bonds is 3. The van der Waals surface area contributed by atoms with Crippen molar-refractivity contribution in [1.29, 1.82) is 0 Å². The molecule has 1 aliphatic heterocycles. The fourth-order valence-corrected chi connectivity index (χ4v) is 3.72. The Hall–Kier alpha value is -0.0600. The maximum Gasteiger partial charge on any atom is 0.0794 e. The Morgan fingerprint density at radius 2 is 2.50 bits per heavy atom. The van der Waals surface area contributed by atoms with E-state index in [-0.39, 0.29) is 6.10 Å². The number of hydrogen-bond donors (Lipinski definition) is 1. The second-order valence-electron chi connectivity index (χ2n) is 3.64. The Morgan fingerprint density at radius 1 is 1.57 bits per heavy atom. The third-order valence-electron chi connectivity index (χ3n) is 2.54. The molecule has 1 N–H and O–H groups in total. The summed E-state index contributed by atoms with van der Waals surface area (Å²) in [4.78, 5) is 5.22. The van der Waals surface area contributed by atoms with E-state index in [0.29, 0.717) is 5.25 Å². The third-order valence-corrected chi connectivity index (χ3v) is 4.84. The molecule has 1 saturated heterocycles. The van der Waals surface area contributed by atoms with E-state index in [1.165, 1.54) is 29.9 Å². The highest BCUT2D eigenvalue weighted by Gasteiger charge is 2.22. The Balaban J connectivity index is 1.85. The molecule has 0 aromatic carbocycles. The lowest BCUT2D eigenvalue weighted by Crippen LogP contribution is -2.27. The van der Waals surface area contributed by atoms with Gasteiger partial charge in [-0.1, -0.05) is 6.42 Å². The average molecular weight is 229 g/mol. The minimum atomic E-state index is -0.180. The van der Waals surface area contributed by atoms with Crippen LogP contribution in [-0.4, -0.2) is 27.2 Å². The van der Waals surface area contributed by atoms with Gasteiger partial charge in [0.2, 0.25) is 0 Å². The average Bonchev–Trinajstić information content (AvgIpc) is 2.72. The van der Waals surface area contributed by atoms with Gasteiger partial charge in [-0.2, -0.15) is 11.8 Å². The van der Waals surface area contributed by atoms with E-state index in [9.17, 15) is 5.11 Å². The number of aliphatic hydroxyl groups is 1. The summed E-state index contributed by atoms with van der Waals surface area (Å²) < 4.78 is 0. The molecule has 0 spiro atoms. The van der Waals surface area contributed by atoms with Gasteiger partial charge >= 0.3 is 0 Å². The van der Waals surface area contributed by atoms with Crippen LogP contribution in [0.1, 0.15) is 24.1 Å². The minimum absolute atomic E-state index is 0.180. The van der Waals surface area contributed by atoms with Gasteiger partial charge < -0.3 is 5.11 Å². The van der Waals surface area contributed by atoms with Crippen LogP contribution in [-0.2, 0) is 6.42 Å². The summed E-state index contributed by atoms with van der Waals surface area (Å²) in [7, 11) is 0. The number of aromatic nitrogens is 1. The lowest BCUT2D eigenvalue weighted by molar-refractivity contribution is 0.167. The molecule has 0 aliphatic carbocycles. The van der Waals surface area contributed by atoms with Crippen molar-refractivity contribution >= 4 is 23.1 Å². The summed E-state index contributed by atoms with van der Waals surface area (Å²) in [5.41, 5.74) is 1.83. The summed E-state index contributed by atoms with van der Waals surface area (Å²) >= 11 is 3.56. The van der Waals surface area contributed by atoms with E-state index >= 15 is 0 Å². The van der Waals surface area contributed by atoms with Gasteiger partial charge in [0.1, 0.15) is 0 Å². The predicted molar refractivity (Wildman–Crippen MR) is 61.9 cm³/mol. The highest BCUT2D eigenvalue weighted by molar-refractivity contribution is 8.00. The zero-order valence-electron chi connectivity index (χ0n) is 8.06. The molecule has 2 unspecified atom stereocenters. The molecule has 1 aromatic heterocycles. The number of thioether (sulfide) groups is 1. The van der Waals surface area contributed by atoms with Crippen molar-refractivity contribution in [2.45, 2.75) is 37.0 Å². The summed E-state index contributed by atoms with van der Waals surface area (Å²) in [6.45, 7) is 0. The van der Waals surface area contributed by atoms with Gasteiger partial charge in [-0.05, 0) is 18.6 Å². The first-order chi connectivity index (χ1) is 6.86. The lowest BCUT2D eigenvalue weighted by atomic mass is 10.1. The van der Waals surface area contributed by atoms with Crippen LogP contribution in [0.5, 0.6) is 0 Å². The number of aliphatic hydroxyl groups excluding tert-OH is 1. The third kappa shape index (κ3) is 2.72. The number of hydrogen-bond acceptors (Lipinski definition) is 4. The molecule has 4 heteroatoms. The molecule has 2 heterocycles. The Kier molecular flexibility index (Phi) is 3.84. The second-order valence-corrected chi connectivity index (χ2v) is 5.96. The van der Waals surface area contributed by atoms with Crippen molar-refractivity contribution in [2.24, 2.45) is 0 Å². The monoisotopic (exact) mass is 229 g/mol. The second kappa shape index (κ2) is 5.14. The van der Waals surface area contributed by atoms with Crippen LogP contribution in [0, 0.1) is 0 Å². The quantitative estimate of drug-likeness (QED) is 0.863. The van der Waals surface area contributed by atoms with Gasteiger partial charge in [-0.25, -0.2) is 0 Å². The fraction of sp³-hybridized carbons (Fsp3) is 0.700. The van der Waals surface area contributed by atoms with E-state index in [0.717, 1.165) is 6.42 Å². The first-order valence-corrected chi connectivity index (χ1v) is 6.96. The Labute approximate surface area is 92.8 Å². The van der Waals surface area contributed by atoms with Crippen LogP contribution in [0.3, 0.4) is 0 Å². The number of thiazole rings is 1. The smallest absolute Gasteiger partial charge is 0.0794 e. The molecule has 2 atom stereocenters. The van der Waals surface area contributed by atoms with Crippen LogP contribution < -0.4 is 0 Å². The fourth-order valence-electron chi connectivity index (χ4n) is 1.75. The topological polar surface area (TPSA) is 33.1 Å². The van der Waals surface area contributed by atoms with E-state index in [1.54, 1.807) is 11.3 Å². The standard InChI is InChI=1S/C10H15NOS2/c12-9(5-8-6-11-7-14-8)10-3-1-2-4-13-10/h6-7,9-10,12H,1-5H2. The van der Waals surface area contributed by atoms with E-state index in [2.05, 4.69) is 4.98 Å². The highest BCUT2D eigenvalue weighted by Crippen LogP contribution is 2.29. The predicted octanol–water partition coefficient (Wildman–Crippen LogP) is 2.33. The molecule has 1 fully saturated rings. The van der Waals surface area contributed by atoms with Crippen molar-refractivity contribution in [3.8, 4) is 0 Å². The first kappa shape index (κ1) is 10.5. The van der Waals surface area contributed by atoms with Gasteiger partial charge in [-0.15, -0.1) is 11.3 Å². The summed E-state index contributed by atoms with van der Waals surface area (Å²) in [6, 6.07) is 0. The molecule has 1 aliphatic rings. The summed E-state index contributed by atoms with van der Waals surface area (Å²) in [6.07, 6.45) is 6.22. The van der Waals surface area contributed by atoms with E-state index in [4.69, 9.17) is 0 Å². The van der Waals surface area contributed by atoms with Crippen molar-refractivity contribution in [2.75, 3.05) is 5.75 Å². The first-order valence-electron chi connectivity index (χ1n) is 5.03. The van der Waals surface area contributed by atoms with Crippen molar-refractivity contribution in [1.82, 2.24) is 4.98 Å². The summed E-state index contributed by atoms with van der Waals surface area (Å²) in [5, 5.41) is 10.5. The normalized spacial score (nSPS) is 24.8. The Morgan fingerprint density at radius 3 is 3.14 bits per heavy atom. The summed E-state index contributed by atoms with van der Waals surface area (Å²) in [5.74, 6) is 1.21. The number of nitrogens with zero attached hydrogens (tertiary/aromatic N) is 1. The molecular weight excluding hydrogens is 214 g/mol. The van der Waals surface area contributed by atoms with Gasteiger partial charge in [-0.3, -0.25) is 4.98 Å². The SMILES string of the molecule is OC(Cc1cncs1)C1CCCCS1. The molecule has 0 amide bonds. The lowest BCUT2D eigenvalue weighted by Gasteiger charge is -2.25. The molecule has 0 saturated carbocycles. The van der Waals surface area contributed by atoms with Crippen LogP contribution >= 0.6 is 23.1 Å². The molecule has 14 heavy (non-hydrogen) atoms. The van der Waals surface area contributed by atoms with Crippen LogP contribution in [0.2, 0.25) is 0 Å². The highest BCUT2D eigenvalue weighted by atomic mass is 32.2. The molecule has 1 aromatic rings. The van der Waals surface area contributed by atoms with E-state index < -0.39 is 0 Å². The minimum Gasteiger partial charge on any atom is -0.392 e. The molecular formula is C10H15NOS2. The molecule has 2 rings (SSSR count). The van der Waals surface area contributed by atoms with Crippen LogP contribution in [0.4, 0.5) is 0 Å². The van der Waals surface area contributed by atoms with Gasteiger partial charge in [0, 0.05) is 22.7 Å². The van der Waals surface area contributed by atoms with Crippen LogP contribution in [0.15, 0.2) is 11.7 Å². The van der Waals surface area contributed by atoms with Crippen LogP contribution in [0.25, 0.3) is 0 Å². The van der Waals surface area contributed by atoms with Gasteiger partial charge in [0.15, 0.2) is 0 Å². The maximum absolute atomic E-state index is 10.0. The van der Waals surface area contributed by atoms with Gasteiger partial charge in [0.25, 0.3) is 0 Å². The van der Waals surface area contributed by atoms with Crippen molar-refractivity contribution in [3.05, 3.63) is 16.6 Å². The zero-order valence-corrected chi connectivity index (χ0v) is 9.69.